The highest BCUT2D eigenvalue weighted by atomic mass is 16.3. The minimum absolute atomic E-state index is 0.161. The number of carbonyl (C=O) groups is 1. The van der Waals surface area contributed by atoms with Crippen molar-refractivity contribution >= 4 is 11.6 Å². The minimum atomic E-state index is -0.445. The van der Waals surface area contributed by atoms with Gasteiger partial charge in [-0.2, -0.15) is 0 Å². The van der Waals surface area contributed by atoms with E-state index < -0.39 is 5.60 Å². The molecule has 0 heterocycles. The zero-order valence-electron chi connectivity index (χ0n) is 19.4. The largest absolute Gasteiger partial charge is 0.390 e. The van der Waals surface area contributed by atoms with E-state index in [9.17, 15) is 9.90 Å². The molecular formula is C28H41NO2. The maximum Gasteiger partial charge on any atom is 0.227 e. The number of nitrogens with one attached hydrogen (secondary N) is 1. The lowest BCUT2D eigenvalue weighted by molar-refractivity contribution is -0.130. The molecule has 5 rings (SSSR count). The lowest BCUT2D eigenvalue weighted by atomic mass is 9.49. The van der Waals surface area contributed by atoms with Crippen molar-refractivity contribution in [1.29, 1.82) is 0 Å². The lowest BCUT2D eigenvalue weighted by Gasteiger charge is -2.57. The summed E-state index contributed by atoms with van der Waals surface area (Å²) in [4.78, 5) is 13.4. The highest BCUT2D eigenvalue weighted by Crippen LogP contribution is 2.59. The highest BCUT2D eigenvalue weighted by Gasteiger charge is 2.53. The number of anilines is 1. The van der Waals surface area contributed by atoms with Crippen molar-refractivity contribution in [2.45, 2.75) is 83.7 Å². The van der Waals surface area contributed by atoms with Crippen LogP contribution in [0.15, 0.2) is 30.3 Å². The zero-order chi connectivity index (χ0) is 21.6. The maximum atomic E-state index is 13.4. The van der Waals surface area contributed by atoms with Crippen molar-refractivity contribution in [3.05, 3.63) is 30.3 Å². The number of benzene rings is 1. The molecule has 0 saturated heterocycles. The average molecular weight is 424 g/mol. The Labute approximate surface area is 188 Å². The predicted molar refractivity (Wildman–Crippen MR) is 125 cm³/mol. The molecule has 1 amide bonds. The van der Waals surface area contributed by atoms with Crippen LogP contribution in [0.25, 0.3) is 0 Å². The van der Waals surface area contributed by atoms with Crippen molar-refractivity contribution < 1.29 is 9.90 Å². The third-order valence-electron chi connectivity index (χ3n) is 9.79. The molecule has 9 atom stereocenters. The molecule has 1 aromatic carbocycles. The number of hydrogen-bond acceptors (Lipinski definition) is 2. The number of aliphatic hydroxyl groups is 1. The summed E-state index contributed by atoms with van der Waals surface area (Å²) in [6, 6.07) is 10.0. The van der Waals surface area contributed by atoms with Crippen molar-refractivity contribution in [3.63, 3.8) is 0 Å². The Morgan fingerprint density at radius 1 is 0.968 bits per heavy atom. The first-order chi connectivity index (χ1) is 14.9. The molecule has 0 aromatic heterocycles. The maximum absolute atomic E-state index is 13.4. The van der Waals surface area contributed by atoms with E-state index in [1.54, 1.807) is 0 Å². The van der Waals surface area contributed by atoms with Crippen molar-refractivity contribution in [2.75, 3.05) is 5.32 Å². The molecule has 4 aliphatic rings. The molecule has 0 aliphatic heterocycles. The first kappa shape index (κ1) is 21.5. The number of amides is 1. The summed E-state index contributed by atoms with van der Waals surface area (Å²) in [5.74, 6) is 5.44. The van der Waals surface area contributed by atoms with Gasteiger partial charge in [0.25, 0.3) is 0 Å². The van der Waals surface area contributed by atoms with Crippen molar-refractivity contribution in [3.8, 4) is 0 Å². The van der Waals surface area contributed by atoms with Gasteiger partial charge < -0.3 is 10.4 Å². The van der Waals surface area contributed by atoms with Crippen LogP contribution in [0.5, 0.6) is 0 Å². The predicted octanol–water partition coefficient (Wildman–Crippen LogP) is 6.28. The Balaban J connectivity index is 1.36. The standard InChI is InChI=1S/C28H41NO2/c1-18-16-25-21-14-15-28(2,31)17-19(21)12-13-22(25)23-10-6-7-11-24(26(18)23)27(30)29-20-8-4-3-5-9-20/h3-5,8-9,18-19,21-26,31H,6-7,10-17H2,1-2H3,(H,29,30)/t18-,19+,21-,22-,23-,24+,25+,26-,28+/m0/s1. The van der Waals surface area contributed by atoms with Crippen LogP contribution in [0.4, 0.5) is 5.69 Å². The Hall–Kier alpha value is -1.35. The molecule has 0 radical (unpaired) electrons. The van der Waals surface area contributed by atoms with Crippen LogP contribution in [-0.4, -0.2) is 16.6 Å². The third kappa shape index (κ3) is 4.19. The lowest BCUT2D eigenvalue weighted by Crippen LogP contribution is -2.52. The van der Waals surface area contributed by atoms with Gasteiger partial charge >= 0.3 is 0 Å². The molecule has 170 valence electrons. The van der Waals surface area contributed by atoms with Crippen LogP contribution >= 0.6 is 0 Å². The van der Waals surface area contributed by atoms with Gasteiger partial charge in [-0.15, -0.1) is 0 Å². The second-order valence-electron chi connectivity index (χ2n) is 11.8. The first-order valence-electron chi connectivity index (χ1n) is 13.0. The van der Waals surface area contributed by atoms with Gasteiger partial charge in [0.2, 0.25) is 5.91 Å². The summed E-state index contributed by atoms with van der Waals surface area (Å²) in [7, 11) is 0. The van der Waals surface area contributed by atoms with Gasteiger partial charge in [-0.3, -0.25) is 4.79 Å². The molecule has 0 unspecified atom stereocenters. The minimum Gasteiger partial charge on any atom is -0.390 e. The first-order valence-corrected chi connectivity index (χ1v) is 13.0. The van der Waals surface area contributed by atoms with E-state index in [2.05, 4.69) is 19.2 Å². The number of carbonyl (C=O) groups excluding carboxylic acids is 1. The van der Waals surface area contributed by atoms with E-state index in [0.29, 0.717) is 17.8 Å². The average Bonchev–Trinajstić information content (AvgIpc) is 2.97. The molecule has 31 heavy (non-hydrogen) atoms. The summed E-state index contributed by atoms with van der Waals surface area (Å²) >= 11 is 0. The monoisotopic (exact) mass is 423 g/mol. The fraction of sp³-hybridized carbons (Fsp3) is 0.750. The van der Waals surface area contributed by atoms with Crippen molar-refractivity contribution in [1.82, 2.24) is 0 Å². The Bertz CT molecular complexity index is 774. The molecule has 3 heteroatoms. The van der Waals surface area contributed by atoms with E-state index in [1.807, 2.05) is 30.3 Å². The van der Waals surface area contributed by atoms with Crippen LogP contribution in [0.3, 0.4) is 0 Å². The fourth-order valence-corrected chi connectivity index (χ4v) is 8.63. The topological polar surface area (TPSA) is 49.3 Å². The van der Waals surface area contributed by atoms with Gasteiger partial charge in [0, 0.05) is 11.6 Å². The number of hydrogen-bond donors (Lipinski definition) is 2. The molecule has 0 spiro atoms. The fourth-order valence-electron chi connectivity index (χ4n) is 8.63. The van der Waals surface area contributed by atoms with Gasteiger partial charge in [0.05, 0.1) is 5.60 Å². The van der Waals surface area contributed by atoms with Crippen LogP contribution in [0, 0.1) is 47.3 Å². The SMILES string of the molecule is C[C@H]1C[C@H]2[C@@H](CC[C@@H]3C[C@](C)(O)CC[C@@H]32)[C@@H]2CCCC[C@@H](C(=O)Nc3ccccc3)[C@H]21. The molecule has 2 N–H and O–H groups in total. The molecule has 3 nitrogen and oxygen atoms in total. The molecule has 4 saturated carbocycles. The second kappa shape index (κ2) is 8.54. The Morgan fingerprint density at radius 3 is 2.55 bits per heavy atom. The van der Waals surface area contributed by atoms with E-state index in [4.69, 9.17) is 0 Å². The normalized spacial score (nSPS) is 44.9. The van der Waals surface area contributed by atoms with Gasteiger partial charge in [-0.05, 0) is 112 Å². The van der Waals surface area contributed by atoms with Crippen LogP contribution in [0.1, 0.15) is 78.1 Å². The third-order valence-corrected chi connectivity index (χ3v) is 9.79. The highest BCUT2D eigenvalue weighted by molar-refractivity contribution is 5.92. The van der Waals surface area contributed by atoms with Gasteiger partial charge in [0.1, 0.15) is 0 Å². The van der Waals surface area contributed by atoms with Gasteiger partial charge in [0.15, 0.2) is 0 Å². The Morgan fingerprint density at radius 2 is 1.74 bits per heavy atom. The quantitative estimate of drug-likeness (QED) is 0.588. The van der Waals surface area contributed by atoms with E-state index in [-0.39, 0.29) is 11.8 Å². The smallest absolute Gasteiger partial charge is 0.227 e. The summed E-state index contributed by atoms with van der Waals surface area (Å²) in [6.07, 6.45) is 12.0. The zero-order valence-corrected chi connectivity index (χ0v) is 19.4. The van der Waals surface area contributed by atoms with Crippen molar-refractivity contribution in [2.24, 2.45) is 47.3 Å². The molecule has 1 aromatic rings. The van der Waals surface area contributed by atoms with E-state index in [0.717, 1.165) is 48.6 Å². The summed E-state index contributed by atoms with van der Waals surface area (Å²) in [5.41, 5.74) is 0.490. The molecule has 4 aliphatic carbocycles. The van der Waals surface area contributed by atoms with E-state index >= 15 is 0 Å². The molecular weight excluding hydrogens is 382 g/mol. The van der Waals surface area contributed by atoms with Crippen LogP contribution < -0.4 is 5.32 Å². The molecule has 0 bridgehead atoms. The number of para-hydroxylation sites is 1. The second-order valence-corrected chi connectivity index (χ2v) is 11.8. The van der Waals surface area contributed by atoms with Gasteiger partial charge in [-0.1, -0.05) is 38.0 Å². The number of fused-ring (bicyclic) bond motifs is 5. The molecule has 4 fully saturated rings. The summed E-state index contributed by atoms with van der Waals surface area (Å²) in [5, 5.41) is 13.9. The van der Waals surface area contributed by atoms with Crippen LogP contribution in [0.2, 0.25) is 0 Å². The number of rotatable bonds is 2. The summed E-state index contributed by atoms with van der Waals surface area (Å²) in [6.45, 7) is 4.50. The Kier molecular flexibility index (Phi) is 5.92. The summed E-state index contributed by atoms with van der Waals surface area (Å²) < 4.78 is 0. The van der Waals surface area contributed by atoms with E-state index in [1.165, 1.54) is 44.9 Å². The van der Waals surface area contributed by atoms with Crippen LogP contribution in [-0.2, 0) is 4.79 Å². The van der Waals surface area contributed by atoms with Gasteiger partial charge in [-0.25, -0.2) is 0 Å².